The van der Waals surface area contributed by atoms with Crippen LogP contribution < -0.4 is 10.1 Å². The van der Waals surface area contributed by atoms with Crippen LogP contribution in [0.15, 0.2) is 41.9 Å². The Bertz CT molecular complexity index is 900. The molecule has 0 aliphatic heterocycles. The molecule has 7 heteroatoms. The first-order chi connectivity index (χ1) is 12.2. The van der Waals surface area contributed by atoms with Gasteiger partial charge in [0.05, 0.1) is 12.3 Å². The Morgan fingerprint density at radius 1 is 1.32 bits per heavy atom. The molecule has 2 N–H and O–H groups in total. The Hall–Kier alpha value is -2.51. The summed E-state index contributed by atoms with van der Waals surface area (Å²) in [6.07, 6.45) is 3.12. The van der Waals surface area contributed by atoms with E-state index in [1.165, 1.54) is 11.3 Å². The monoisotopic (exact) mass is 355 g/mol. The van der Waals surface area contributed by atoms with Gasteiger partial charge in [-0.05, 0) is 25.0 Å². The molecule has 25 heavy (non-hydrogen) atoms. The van der Waals surface area contributed by atoms with Gasteiger partial charge >= 0.3 is 0 Å². The van der Waals surface area contributed by atoms with E-state index in [-0.39, 0.29) is 24.5 Å². The third-order valence-electron chi connectivity index (χ3n) is 4.30. The number of benzene rings is 1. The van der Waals surface area contributed by atoms with Gasteiger partial charge in [0.1, 0.15) is 17.4 Å². The molecule has 3 aromatic rings. The van der Waals surface area contributed by atoms with E-state index < -0.39 is 0 Å². The molecular weight excluding hydrogens is 338 g/mol. The van der Waals surface area contributed by atoms with Crippen LogP contribution in [0.5, 0.6) is 5.75 Å². The molecule has 0 atom stereocenters. The van der Waals surface area contributed by atoms with Gasteiger partial charge in [-0.25, -0.2) is 4.98 Å². The second-order valence-corrected chi connectivity index (χ2v) is 6.89. The zero-order chi connectivity index (χ0) is 17.2. The molecule has 128 valence electrons. The minimum atomic E-state index is -0.120. The van der Waals surface area contributed by atoms with E-state index in [1.54, 1.807) is 11.6 Å². The van der Waals surface area contributed by atoms with Gasteiger partial charge in [0.25, 0.3) is 0 Å². The average Bonchev–Trinajstić information content (AvgIpc) is 3.05. The molecule has 0 saturated heterocycles. The van der Waals surface area contributed by atoms with Crippen molar-refractivity contribution in [2.24, 2.45) is 5.92 Å². The van der Waals surface area contributed by atoms with E-state index in [2.05, 4.69) is 15.3 Å². The number of aliphatic hydroxyl groups is 1. The van der Waals surface area contributed by atoms with Crippen LogP contribution in [-0.4, -0.2) is 27.1 Å². The molecule has 1 aliphatic rings. The average molecular weight is 355 g/mol. The van der Waals surface area contributed by atoms with Gasteiger partial charge in [-0.1, -0.05) is 18.2 Å². The van der Waals surface area contributed by atoms with Gasteiger partial charge in [-0.15, -0.1) is 11.3 Å². The zero-order valence-corrected chi connectivity index (χ0v) is 14.2. The molecule has 1 saturated carbocycles. The minimum absolute atomic E-state index is 0.0210. The summed E-state index contributed by atoms with van der Waals surface area (Å²) in [5.74, 6) is 0.638. The molecule has 2 heterocycles. The van der Waals surface area contributed by atoms with Crippen molar-refractivity contribution in [3.8, 4) is 5.75 Å². The second-order valence-electron chi connectivity index (χ2n) is 6.03. The summed E-state index contributed by atoms with van der Waals surface area (Å²) < 4.78 is 6.03. The van der Waals surface area contributed by atoms with E-state index in [0.717, 1.165) is 16.7 Å². The van der Waals surface area contributed by atoms with Crippen molar-refractivity contribution in [2.75, 3.05) is 5.32 Å². The van der Waals surface area contributed by atoms with Crippen LogP contribution in [0, 0.1) is 5.92 Å². The summed E-state index contributed by atoms with van der Waals surface area (Å²) >= 11 is 1.32. The maximum atomic E-state index is 12.2. The number of rotatable bonds is 5. The fourth-order valence-electron chi connectivity index (χ4n) is 2.87. The fraction of sp³-hybridized carbons (Fsp3) is 0.278. The number of nitrogens with one attached hydrogen (secondary N) is 1. The standard InChI is InChI=1S/C18H17N3O3S/c22-9-13-10-25-18(20-13)21-17(23)12-7-14(8-12)24-15-5-1-3-11-4-2-6-19-16(11)15/h1-6,10,12,14,22H,7-9H2,(H,20,21,23). The maximum Gasteiger partial charge on any atom is 0.229 e. The number of aromatic nitrogens is 2. The molecule has 0 unspecified atom stereocenters. The van der Waals surface area contributed by atoms with Crippen LogP contribution in [0.3, 0.4) is 0 Å². The first-order valence-electron chi connectivity index (χ1n) is 8.09. The quantitative estimate of drug-likeness (QED) is 0.735. The summed E-state index contributed by atoms with van der Waals surface area (Å²) in [5, 5.41) is 15.1. The van der Waals surface area contributed by atoms with Crippen LogP contribution in [0.25, 0.3) is 10.9 Å². The first kappa shape index (κ1) is 16.0. The van der Waals surface area contributed by atoms with Crippen LogP contribution >= 0.6 is 11.3 Å². The Balaban J connectivity index is 1.34. The lowest BCUT2D eigenvalue weighted by Gasteiger charge is -2.34. The highest BCUT2D eigenvalue weighted by Gasteiger charge is 2.36. The van der Waals surface area contributed by atoms with Crippen molar-refractivity contribution >= 4 is 33.3 Å². The molecule has 4 rings (SSSR count). The number of carbonyl (C=O) groups is 1. The topological polar surface area (TPSA) is 84.3 Å². The predicted molar refractivity (Wildman–Crippen MR) is 95.5 cm³/mol. The van der Waals surface area contributed by atoms with Gasteiger partial charge in [-0.2, -0.15) is 0 Å². The Kier molecular flexibility index (Phi) is 4.33. The molecule has 6 nitrogen and oxygen atoms in total. The molecule has 1 amide bonds. The van der Waals surface area contributed by atoms with Crippen LogP contribution in [-0.2, 0) is 11.4 Å². The van der Waals surface area contributed by atoms with E-state index in [1.807, 2.05) is 30.3 Å². The second kappa shape index (κ2) is 6.78. The SMILES string of the molecule is O=C(Nc1nc(CO)cs1)C1CC(Oc2cccc3cccnc23)C1. The lowest BCUT2D eigenvalue weighted by atomic mass is 9.81. The largest absolute Gasteiger partial charge is 0.488 e. The van der Waals surface area contributed by atoms with Crippen molar-refractivity contribution in [3.05, 3.63) is 47.6 Å². The summed E-state index contributed by atoms with van der Waals surface area (Å²) in [7, 11) is 0. The van der Waals surface area contributed by atoms with Crippen molar-refractivity contribution in [1.82, 2.24) is 9.97 Å². The van der Waals surface area contributed by atoms with Crippen molar-refractivity contribution < 1.29 is 14.6 Å². The molecule has 1 fully saturated rings. The molecule has 0 radical (unpaired) electrons. The predicted octanol–water partition coefficient (Wildman–Crippen LogP) is 2.98. The van der Waals surface area contributed by atoms with Crippen LogP contribution in [0.2, 0.25) is 0 Å². The lowest BCUT2D eigenvalue weighted by molar-refractivity contribution is -0.125. The third kappa shape index (κ3) is 3.33. The van der Waals surface area contributed by atoms with Gasteiger partial charge in [-0.3, -0.25) is 9.78 Å². The summed E-state index contributed by atoms with van der Waals surface area (Å²) in [6.45, 7) is -0.120. The Morgan fingerprint density at radius 3 is 2.96 bits per heavy atom. The molecule has 1 aliphatic carbocycles. The van der Waals surface area contributed by atoms with E-state index >= 15 is 0 Å². The van der Waals surface area contributed by atoms with Gasteiger partial charge < -0.3 is 15.2 Å². The number of thiazole rings is 1. The smallest absolute Gasteiger partial charge is 0.229 e. The highest BCUT2D eigenvalue weighted by atomic mass is 32.1. The maximum absolute atomic E-state index is 12.2. The Labute approximate surface area is 148 Å². The number of hydrogen-bond acceptors (Lipinski definition) is 6. The molecule has 0 bridgehead atoms. The number of anilines is 1. The van der Waals surface area contributed by atoms with E-state index in [0.29, 0.717) is 23.7 Å². The van der Waals surface area contributed by atoms with Crippen LogP contribution in [0.4, 0.5) is 5.13 Å². The highest BCUT2D eigenvalue weighted by molar-refractivity contribution is 7.13. The van der Waals surface area contributed by atoms with Crippen molar-refractivity contribution in [3.63, 3.8) is 0 Å². The number of nitrogens with zero attached hydrogens (tertiary/aromatic N) is 2. The number of aliphatic hydroxyl groups excluding tert-OH is 1. The minimum Gasteiger partial charge on any atom is -0.488 e. The number of amides is 1. The number of ether oxygens (including phenoxy) is 1. The molecule has 1 aromatic carbocycles. The molecule has 0 spiro atoms. The number of para-hydroxylation sites is 1. The van der Waals surface area contributed by atoms with Gasteiger partial charge in [0.15, 0.2) is 5.13 Å². The molecular formula is C18H17N3O3S. The summed E-state index contributed by atoms with van der Waals surface area (Å²) in [5.41, 5.74) is 1.41. The van der Waals surface area contributed by atoms with Gasteiger partial charge in [0, 0.05) is 22.9 Å². The van der Waals surface area contributed by atoms with E-state index in [9.17, 15) is 4.79 Å². The molecule has 2 aromatic heterocycles. The number of fused-ring (bicyclic) bond motifs is 1. The summed E-state index contributed by atoms with van der Waals surface area (Å²) in [4.78, 5) is 20.7. The van der Waals surface area contributed by atoms with Crippen molar-refractivity contribution in [2.45, 2.75) is 25.6 Å². The van der Waals surface area contributed by atoms with Crippen LogP contribution in [0.1, 0.15) is 18.5 Å². The number of pyridine rings is 1. The first-order valence-corrected chi connectivity index (χ1v) is 8.97. The Morgan fingerprint density at radius 2 is 2.16 bits per heavy atom. The highest BCUT2D eigenvalue weighted by Crippen LogP contribution is 2.34. The fourth-order valence-corrected chi connectivity index (χ4v) is 3.58. The van der Waals surface area contributed by atoms with E-state index in [4.69, 9.17) is 9.84 Å². The third-order valence-corrected chi connectivity index (χ3v) is 5.11. The normalized spacial score (nSPS) is 19.4. The lowest BCUT2D eigenvalue weighted by Crippen LogP contribution is -2.40. The number of carbonyl (C=O) groups excluding carboxylic acids is 1. The number of hydrogen-bond donors (Lipinski definition) is 2. The van der Waals surface area contributed by atoms with Gasteiger partial charge in [0.2, 0.25) is 5.91 Å². The summed E-state index contributed by atoms with van der Waals surface area (Å²) in [6, 6.07) is 9.76. The van der Waals surface area contributed by atoms with Crippen molar-refractivity contribution in [1.29, 1.82) is 0 Å². The zero-order valence-electron chi connectivity index (χ0n) is 13.4.